The van der Waals surface area contributed by atoms with E-state index in [4.69, 9.17) is 11.6 Å². The topological polar surface area (TPSA) is 12.0 Å². The summed E-state index contributed by atoms with van der Waals surface area (Å²) in [5.74, 6) is -0.260. The third-order valence-corrected chi connectivity index (χ3v) is 3.65. The highest BCUT2D eigenvalue weighted by molar-refractivity contribution is 9.10. The monoisotopic (exact) mass is 341 g/mol. The molecule has 0 bridgehead atoms. The molecule has 2 aromatic rings. The molecule has 19 heavy (non-hydrogen) atoms. The Morgan fingerprint density at radius 3 is 2.74 bits per heavy atom. The first kappa shape index (κ1) is 14.4. The van der Waals surface area contributed by atoms with Gasteiger partial charge < -0.3 is 5.32 Å². The van der Waals surface area contributed by atoms with Crippen LogP contribution in [0.5, 0.6) is 0 Å². The fourth-order valence-corrected chi connectivity index (χ4v) is 2.50. The van der Waals surface area contributed by atoms with Crippen molar-refractivity contribution in [1.82, 2.24) is 0 Å². The van der Waals surface area contributed by atoms with Gasteiger partial charge >= 0.3 is 0 Å². The first-order valence-electron chi connectivity index (χ1n) is 6.07. The summed E-state index contributed by atoms with van der Waals surface area (Å²) in [5, 5.41) is 3.91. The number of benzene rings is 2. The van der Waals surface area contributed by atoms with Crippen LogP contribution < -0.4 is 5.32 Å². The second kappa shape index (κ2) is 6.40. The maximum atomic E-state index is 13.8. The Morgan fingerprint density at radius 2 is 2.05 bits per heavy atom. The van der Waals surface area contributed by atoms with E-state index in [1.54, 1.807) is 12.1 Å². The van der Waals surface area contributed by atoms with E-state index in [2.05, 4.69) is 28.2 Å². The summed E-state index contributed by atoms with van der Waals surface area (Å²) in [6.45, 7) is 2.05. The number of hydrogen-bond acceptors (Lipinski definition) is 1. The van der Waals surface area contributed by atoms with Gasteiger partial charge in [0.05, 0.1) is 11.7 Å². The van der Waals surface area contributed by atoms with E-state index in [0.717, 1.165) is 16.5 Å². The zero-order valence-electron chi connectivity index (χ0n) is 10.5. The van der Waals surface area contributed by atoms with Crippen molar-refractivity contribution in [3.63, 3.8) is 0 Å². The van der Waals surface area contributed by atoms with Crippen molar-refractivity contribution >= 4 is 33.2 Å². The zero-order chi connectivity index (χ0) is 13.8. The molecule has 100 valence electrons. The van der Waals surface area contributed by atoms with E-state index in [-0.39, 0.29) is 11.9 Å². The quantitative estimate of drug-likeness (QED) is 0.740. The lowest BCUT2D eigenvalue weighted by atomic mass is 10.0. The van der Waals surface area contributed by atoms with Gasteiger partial charge in [-0.1, -0.05) is 46.6 Å². The molecular weight excluding hydrogens is 329 g/mol. The van der Waals surface area contributed by atoms with Gasteiger partial charge in [-0.15, -0.1) is 0 Å². The Labute approximate surface area is 125 Å². The number of nitrogens with one attached hydrogen (secondary N) is 1. The van der Waals surface area contributed by atoms with Crippen LogP contribution in [-0.2, 0) is 0 Å². The largest absolute Gasteiger partial charge is 0.376 e. The van der Waals surface area contributed by atoms with Crippen molar-refractivity contribution in [3.05, 3.63) is 63.3 Å². The molecule has 0 heterocycles. The molecule has 0 aromatic heterocycles. The molecule has 4 heteroatoms. The van der Waals surface area contributed by atoms with Gasteiger partial charge in [0.15, 0.2) is 0 Å². The molecule has 0 amide bonds. The average molecular weight is 343 g/mol. The van der Waals surface area contributed by atoms with Gasteiger partial charge in [-0.25, -0.2) is 4.39 Å². The van der Waals surface area contributed by atoms with Crippen LogP contribution in [0.25, 0.3) is 0 Å². The lowest BCUT2D eigenvalue weighted by molar-refractivity contribution is 0.623. The number of rotatable bonds is 4. The van der Waals surface area contributed by atoms with Crippen molar-refractivity contribution in [2.75, 3.05) is 5.32 Å². The molecule has 2 rings (SSSR count). The van der Waals surface area contributed by atoms with Crippen molar-refractivity contribution in [2.24, 2.45) is 0 Å². The summed E-state index contributed by atoms with van der Waals surface area (Å²) in [6, 6.07) is 12.5. The lowest BCUT2D eigenvalue weighted by Crippen LogP contribution is -2.10. The first-order valence-corrected chi connectivity index (χ1v) is 7.24. The average Bonchev–Trinajstić information content (AvgIpc) is 2.39. The summed E-state index contributed by atoms with van der Waals surface area (Å²) in [6.07, 6.45) is 0.840. The van der Waals surface area contributed by atoms with Crippen molar-refractivity contribution < 1.29 is 4.39 Å². The number of anilines is 1. The molecule has 0 fully saturated rings. The minimum atomic E-state index is -0.260. The first-order chi connectivity index (χ1) is 9.10. The standard InChI is InChI=1S/C15H14BrClFN/c1-2-14(10-4-3-5-12(17)8-10)19-15-9-11(16)6-7-13(15)18/h3-9,14,19H,2H2,1H3. The molecule has 0 aliphatic rings. The Morgan fingerprint density at radius 1 is 1.26 bits per heavy atom. The molecular formula is C15H14BrClFN. The molecule has 0 saturated heterocycles. The van der Waals surface area contributed by atoms with Crippen LogP contribution >= 0.6 is 27.5 Å². The molecule has 1 nitrogen and oxygen atoms in total. The number of hydrogen-bond donors (Lipinski definition) is 1. The van der Waals surface area contributed by atoms with Gasteiger partial charge in [0.2, 0.25) is 0 Å². The fraction of sp³-hybridized carbons (Fsp3) is 0.200. The number of halogens is 3. The zero-order valence-corrected chi connectivity index (χ0v) is 12.8. The molecule has 0 aliphatic carbocycles. The van der Waals surface area contributed by atoms with Crippen molar-refractivity contribution in [2.45, 2.75) is 19.4 Å². The Balaban J connectivity index is 2.26. The van der Waals surface area contributed by atoms with Crippen LogP contribution in [0.3, 0.4) is 0 Å². The van der Waals surface area contributed by atoms with Crippen LogP contribution in [0.4, 0.5) is 10.1 Å². The summed E-state index contributed by atoms with van der Waals surface area (Å²) in [7, 11) is 0. The van der Waals surface area contributed by atoms with Gasteiger partial charge in [0.25, 0.3) is 0 Å². The summed E-state index contributed by atoms with van der Waals surface area (Å²) in [5.41, 5.74) is 1.54. The Hall–Kier alpha value is -1.06. The third kappa shape index (κ3) is 3.71. The van der Waals surface area contributed by atoms with E-state index in [1.165, 1.54) is 6.07 Å². The molecule has 1 atom stereocenters. The van der Waals surface area contributed by atoms with Crippen LogP contribution in [-0.4, -0.2) is 0 Å². The maximum absolute atomic E-state index is 13.8. The van der Waals surface area contributed by atoms with Gasteiger partial charge in [-0.05, 0) is 42.3 Å². The van der Waals surface area contributed by atoms with Gasteiger partial charge in [-0.3, -0.25) is 0 Å². The highest BCUT2D eigenvalue weighted by atomic mass is 79.9. The second-order valence-electron chi connectivity index (χ2n) is 4.28. The van der Waals surface area contributed by atoms with Gasteiger partial charge in [0.1, 0.15) is 5.82 Å². The molecule has 2 aromatic carbocycles. The van der Waals surface area contributed by atoms with E-state index in [0.29, 0.717) is 10.7 Å². The lowest BCUT2D eigenvalue weighted by Gasteiger charge is -2.19. The van der Waals surface area contributed by atoms with Gasteiger partial charge in [0, 0.05) is 9.50 Å². The Kier molecular flexibility index (Phi) is 4.83. The predicted octanol–water partition coefficient (Wildman–Crippen LogP) is 5.80. The van der Waals surface area contributed by atoms with Crippen molar-refractivity contribution in [1.29, 1.82) is 0 Å². The SMILES string of the molecule is CCC(Nc1cc(Br)ccc1F)c1cccc(Cl)c1. The fourth-order valence-electron chi connectivity index (χ4n) is 1.94. The van der Waals surface area contributed by atoms with Crippen molar-refractivity contribution in [3.8, 4) is 0 Å². The smallest absolute Gasteiger partial charge is 0.146 e. The second-order valence-corrected chi connectivity index (χ2v) is 5.64. The summed E-state index contributed by atoms with van der Waals surface area (Å²) < 4.78 is 14.6. The molecule has 0 spiro atoms. The highest BCUT2D eigenvalue weighted by Gasteiger charge is 2.12. The van der Waals surface area contributed by atoms with Crippen LogP contribution in [0.2, 0.25) is 5.02 Å². The molecule has 0 radical (unpaired) electrons. The van der Waals surface area contributed by atoms with E-state index < -0.39 is 0 Å². The minimum Gasteiger partial charge on any atom is -0.376 e. The molecule has 0 saturated carbocycles. The van der Waals surface area contributed by atoms with Crippen LogP contribution in [0.1, 0.15) is 24.9 Å². The van der Waals surface area contributed by atoms with E-state index >= 15 is 0 Å². The normalized spacial score (nSPS) is 12.2. The minimum absolute atomic E-state index is 0.0301. The predicted molar refractivity (Wildman–Crippen MR) is 82.2 cm³/mol. The molecule has 1 N–H and O–H groups in total. The molecule has 0 aliphatic heterocycles. The van der Waals surface area contributed by atoms with Crippen LogP contribution in [0, 0.1) is 5.82 Å². The van der Waals surface area contributed by atoms with E-state index in [1.807, 2.05) is 24.3 Å². The van der Waals surface area contributed by atoms with E-state index in [9.17, 15) is 4.39 Å². The molecule has 1 unspecified atom stereocenters. The van der Waals surface area contributed by atoms with Gasteiger partial charge in [-0.2, -0.15) is 0 Å². The Bertz CT molecular complexity index is 574. The maximum Gasteiger partial charge on any atom is 0.146 e. The third-order valence-electron chi connectivity index (χ3n) is 2.92. The highest BCUT2D eigenvalue weighted by Crippen LogP contribution is 2.27. The summed E-state index contributed by atoms with van der Waals surface area (Å²) >= 11 is 9.34. The summed E-state index contributed by atoms with van der Waals surface area (Å²) in [4.78, 5) is 0. The van der Waals surface area contributed by atoms with Crippen LogP contribution in [0.15, 0.2) is 46.9 Å².